The molecule has 0 amide bonds. The molecule has 1 atom stereocenters. The minimum atomic E-state index is 0.104. The second kappa shape index (κ2) is 4.08. The molecule has 3 N–H and O–H groups in total. The molecule has 2 rings (SSSR count). The summed E-state index contributed by atoms with van der Waals surface area (Å²) in [5, 5.41) is 3.26. The van der Waals surface area contributed by atoms with E-state index in [1.165, 1.54) is 17.1 Å². The van der Waals surface area contributed by atoms with Crippen LogP contribution in [0.4, 0.5) is 0 Å². The molecular weight excluding hydrogens is 198 g/mol. The Morgan fingerprint density at radius 3 is 3.21 bits per heavy atom. The van der Waals surface area contributed by atoms with Gasteiger partial charge in [-0.15, -0.1) is 0 Å². The highest BCUT2D eigenvalue weighted by atomic mass is 32.1. The standard InChI is InChI=1S/C9H13N3OS/c1-13-9-3-8(14-12-9)6-2-7(10)5-11-4-6/h2-3,7,11H,4-5,10H2,1H3. The van der Waals surface area contributed by atoms with E-state index in [4.69, 9.17) is 10.5 Å². The van der Waals surface area contributed by atoms with Crippen LogP contribution < -0.4 is 15.8 Å². The zero-order valence-electron chi connectivity index (χ0n) is 7.99. The Balaban J connectivity index is 2.21. The molecule has 2 heterocycles. The molecular formula is C9H13N3OS. The Bertz CT molecular complexity index is 348. The first kappa shape index (κ1) is 9.64. The van der Waals surface area contributed by atoms with Gasteiger partial charge in [0.15, 0.2) is 0 Å². The van der Waals surface area contributed by atoms with Crippen LogP contribution >= 0.6 is 11.5 Å². The van der Waals surface area contributed by atoms with Gasteiger partial charge in [-0.25, -0.2) is 0 Å². The molecule has 0 bridgehead atoms. The Kier molecular flexibility index (Phi) is 2.81. The van der Waals surface area contributed by atoms with Gasteiger partial charge < -0.3 is 15.8 Å². The lowest BCUT2D eigenvalue weighted by Gasteiger charge is -2.17. The van der Waals surface area contributed by atoms with Crippen LogP contribution in [0.25, 0.3) is 5.57 Å². The van der Waals surface area contributed by atoms with Gasteiger partial charge in [-0.2, -0.15) is 4.37 Å². The van der Waals surface area contributed by atoms with Crippen molar-refractivity contribution in [1.29, 1.82) is 0 Å². The molecule has 0 aliphatic carbocycles. The smallest absolute Gasteiger partial charge is 0.225 e. The lowest BCUT2D eigenvalue weighted by molar-refractivity contribution is 0.402. The maximum Gasteiger partial charge on any atom is 0.225 e. The Hall–Kier alpha value is -0.910. The maximum atomic E-state index is 5.82. The van der Waals surface area contributed by atoms with E-state index >= 15 is 0 Å². The second-order valence-corrected chi connectivity index (χ2v) is 4.03. The van der Waals surface area contributed by atoms with Crippen molar-refractivity contribution < 1.29 is 4.74 Å². The van der Waals surface area contributed by atoms with Crippen LogP contribution in [0, 0.1) is 0 Å². The first-order valence-corrected chi connectivity index (χ1v) is 5.25. The zero-order valence-corrected chi connectivity index (χ0v) is 8.80. The third kappa shape index (κ3) is 1.95. The van der Waals surface area contributed by atoms with E-state index in [0.29, 0.717) is 5.88 Å². The van der Waals surface area contributed by atoms with E-state index in [1.54, 1.807) is 7.11 Å². The Morgan fingerprint density at radius 1 is 1.71 bits per heavy atom. The molecule has 0 radical (unpaired) electrons. The van der Waals surface area contributed by atoms with Crippen molar-refractivity contribution >= 4 is 17.1 Å². The summed E-state index contributed by atoms with van der Waals surface area (Å²) in [7, 11) is 1.62. The number of nitrogens with one attached hydrogen (secondary N) is 1. The van der Waals surface area contributed by atoms with Gasteiger partial charge in [0.05, 0.1) is 12.0 Å². The van der Waals surface area contributed by atoms with E-state index in [1.807, 2.05) is 6.07 Å². The van der Waals surface area contributed by atoms with Crippen molar-refractivity contribution in [3.8, 4) is 5.88 Å². The number of nitrogens with zero attached hydrogens (tertiary/aromatic N) is 1. The molecule has 5 heteroatoms. The van der Waals surface area contributed by atoms with Crippen molar-refractivity contribution in [2.45, 2.75) is 6.04 Å². The van der Waals surface area contributed by atoms with E-state index in [0.717, 1.165) is 18.0 Å². The third-order valence-electron chi connectivity index (χ3n) is 2.12. The summed E-state index contributed by atoms with van der Waals surface area (Å²) in [5.41, 5.74) is 7.03. The quantitative estimate of drug-likeness (QED) is 0.746. The SMILES string of the molecule is COc1cc(C2=CC(N)CNC2)sn1. The van der Waals surface area contributed by atoms with Gasteiger partial charge in [0.1, 0.15) is 0 Å². The van der Waals surface area contributed by atoms with Crippen molar-refractivity contribution in [3.05, 3.63) is 17.0 Å². The van der Waals surface area contributed by atoms with Crippen LogP contribution in [0.5, 0.6) is 5.88 Å². The lowest BCUT2D eigenvalue weighted by atomic mass is 10.1. The van der Waals surface area contributed by atoms with Crippen molar-refractivity contribution in [1.82, 2.24) is 9.69 Å². The normalized spacial score (nSPS) is 21.9. The molecule has 0 saturated carbocycles. The second-order valence-electron chi connectivity index (χ2n) is 3.22. The van der Waals surface area contributed by atoms with Crippen LogP contribution in [0.3, 0.4) is 0 Å². The van der Waals surface area contributed by atoms with Gasteiger partial charge >= 0.3 is 0 Å². The summed E-state index contributed by atoms with van der Waals surface area (Å²) < 4.78 is 9.18. The fraction of sp³-hybridized carbons (Fsp3) is 0.444. The average molecular weight is 211 g/mol. The van der Waals surface area contributed by atoms with Crippen LogP contribution in [0.1, 0.15) is 4.88 Å². The summed E-state index contributed by atoms with van der Waals surface area (Å²) in [5.74, 6) is 0.671. The highest BCUT2D eigenvalue weighted by Gasteiger charge is 2.13. The number of methoxy groups -OCH3 is 1. The number of aromatic nitrogens is 1. The van der Waals surface area contributed by atoms with Crippen molar-refractivity contribution in [2.75, 3.05) is 20.2 Å². The number of ether oxygens (including phenoxy) is 1. The first-order valence-electron chi connectivity index (χ1n) is 4.47. The molecule has 1 aliphatic heterocycles. The summed E-state index contributed by atoms with van der Waals surface area (Å²) in [4.78, 5) is 1.13. The molecule has 0 fully saturated rings. The van der Waals surface area contributed by atoms with Crippen molar-refractivity contribution in [2.24, 2.45) is 5.73 Å². The minimum Gasteiger partial charge on any atom is -0.480 e. The number of rotatable bonds is 2. The molecule has 14 heavy (non-hydrogen) atoms. The summed E-state index contributed by atoms with van der Waals surface area (Å²) in [6, 6.07) is 2.04. The molecule has 1 aromatic rings. The fourth-order valence-electron chi connectivity index (χ4n) is 1.43. The van der Waals surface area contributed by atoms with Gasteiger partial charge in [0, 0.05) is 25.2 Å². The average Bonchev–Trinajstić information content (AvgIpc) is 2.66. The van der Waals surface area contributed by atoms with Crippen LogP contribution in [-0.4, -0.2) is 30.6 Å². The van der Waals surface area contributed by atoms with Crippen LogP contribution in [0.15, 0.2) is 12.1 Å². The highest BCUT2D eigenvalue weighted by Crippen LogP contribution is 2.24. The third-order valence-corrected chi connectivity index (χ3v) is 2.97. The van der Waals surface area contributed by atoms with E-state index < -0.39 is 0 Å². The number of hydrogen-bond acceptors (Lipinski definition) is 5. The summed E-state index contributed by atoms with van der Waals surface area (Å²) >= 11 is 1.44. The van der Waals surface area contributed by atoms with E-state index in [9.17, 15) is 0 Å². The molecule has 1 aromatic heterocycles. The molecule has 1 unspecified atom stereocenters. The number of hydrogen-bond donors (Lipinski definition) is 2. The molecule has 76 valence electrons. The van der Waals surface area contributed by atoms with Gasteiger partial charge in [-0.05, 0) is 17.1 Å². The molecule has 1 aliphatic rings. The van der Waals surface area contributed by atoms with Crippen LogP contribution in [-0.2, 0) is 0 Å². The predicted octanol–water partition coefficient (Wildman–Crippen LogP) is 0.466. The van der Waals surface area contributed by atoms with Gasteiger partial charge in [0.2, 0.25) is 5.88 Å². The highest BCUT2D eigenvalue weighted by molar-refractivity contribution is 7.07. The van der Waals surface area contributed by atoms with E-state index in [-0.39, 0.29) is 6.04 Å². The lowest BCUT2D eigenvalue weighted by Crippen LogP contribution is -2.37. The molecule has 0 aromatic carbocycles. The Morgan fingerprint density at radius 2 is 2.57 bits per heavy atom. The fourth-order valence-corrected chi connectivity index (χ4v) is 2.15. The minimum absolute atomic E-state index is 0.104. The first-order chi connectivity index (χ1) is 6.79. The van der Waals surface area contributed by atoms with Crippen LogP contribution in [0.2, 0.25) is 0 Å². The van der Waals surface area contributed by atoms with Gasteiger partial charge in [-0.3, -0.25) is 0 Å². The largest absolute Gasteiger partial charge is 0.480 e. The Labute approximate surface area is 86.9 Å². The van der Waals surface area contributed by atoms with Gasteiger partial charge in [0.25, 0.3) is 0 Å². The molecule has 0 spiro atoms. The topological polar surface area (TPSA) is 60.2 Å². The van der Waals surface area contributed by atoms with E-state index in [2.05, 4.69) is 15.8 Å². The summed E-state index contributed by atoms with van der Waals surface area (Å²) in [6.45, 7) is 1.71. The van der Waals surface area contributed by atoms with Gasteiger partial charge in [-0.1, -0.05) is 6.08 Å². The predicted molar refractivity (Wildman–Crippen MR) is 57.5 cm³/mol. The number of nitrogens with two attached hydrogens (primary N) is 1. The zero-order chi connectivity index (χ0) is 9.97. The maximum absolute atomic E-state index is 5.82. The molecule has 4 nitrogen and oxygen atoms in total. The summed E-state index contributed by atoms with van der Waals surface area (Å²) in [6.07, 6.45) is 2.09. The monoisotopic (exact) mass is 211 g/mol. The van der Waals surface area contributed by atoms with Crippen molar-refractivity contribution in [3.63, 3.8) is 0 Å². The molecule has 0 saturated heterocycles.